The molecular weight excluding hydrogens is 150 g/mol. The minimum Gasteiger partial charge on any atom is -0.397 e. The maximum atomic E-state index is 8.72. The van der Waals surface area contributed by atoms with Gasteiger partial charge in [0.2, 0.25) is 0 Å². The van der Waals surface area contributed by atoms with E-state index in [2.05, 4.69) is 11.1 Å². The lowest BCUT2D eigenvalue weighted by Crippen LogP contribution is -2.00. The predicted molar refractivity (Wildman–Crippen MR) is 47.5 cm³/mol. The Morgan fingerprint density at radius 2 is 2.33 bits per heavy atom. The molecule has 0 unspecified atom stereocenters. The average Bonchev–Trinajstić information content (AvgIpc) is 2.09. The topological polar surface area (TPSA) is 62.7 Å². The predicted octanol–water partition coefficient (Wildman–Crippen LogP) is 1.41. The highest BCUT2D eigenvalue weighted by Crippen LogP contribution is 2.13. The third kappa shape index (κ3) is 1.37. The SMILES string of the molecule is CCc1nc(C)c(N)cc1C#N. The number of hydrogen-bond acceptors (Lipinski definition) is 3. The van der Waals surface area contributed by atoms with Crippen LogP contribution in [0, 0.1) is 18.3 Å². The summed E-state index contributed by atoms with van der Waals surface area (Å²) in [6.07, 6.45) is 0.768. The molecule has 2 N–H and O–H groups in total. The quantitative estimate of drug-likeness (QED) is 0.677. The summed E-state index contributed by atoms with van der Waals surface area (Å²) in [7, 11) is 0. The van der Waals surface area contributed by atoms with Crippen LogP contribution in [0.4, 0.5) is 5.69 Å². The lowest BCUT2D eigenvalue weighted by atomic mass is 10.1. The molecule has 1 aromatic heterocycles. The van der Waals surface area contributed by atoms with Gasteiger partial charge in [-0.05, 0) is 19.4 Å². The number of aromatic nitrogens is 1. The van der Waals surface area contributed by atoms with Gasteiger partial charge in [0, 0.05) is 0 Å². The van der Waals surface area contributed by atoms with E-state index < -0.39 is 0 Å². The van der Waals surface area contributed by atoms with Crippen molar-refractivity contribution in [3.05, 3.63) is 23.0 Å². The van der Waals surface area contributed by atoms with Crippen LogP contribution in [0.3, 0.4) is 0 Å². The molecule has 0 amide bonds. The van der Waals surface area contributed by atoms with Crippen molar-refractivity contribution in [2.45, 2.75) is 20.3 Å². The Kier molecular flexibility index (Phi) is 2.29. The molecule has 1 heterocycles. The molecule has 0 aliphatic carbocycles. The van der Waals surface area contributed by atoms with Crippen molar-refractivity contribution in [1.82, 2.24) is 4.98 Å². The first-order valence-electron chi connectivity index (χ1n) is 3.85. The fourth-order valence-corrected chi connectivity index (χ4v) is 1.04. The molecule has 0 fully saturated rings. The van der Waals surface area contributed by atoms with E-state index in [1.807, 2.05) is 13.8 Å². The van der Waals surface area contributed by atoms with Gasteiger partial charge in [-0.3, -0.25) is 4.98 Å². The molecule has 1 rings (SSSR count). The van der Waals surface area contributed by atoms with Crippen molar-refractivity contribution in [2.24, 2.45) is 0 Å². The van der Waals surface area contributed by atoms with Gasteiger partial charge in [0.15, 0.2) is 0 Å². The zero-order valence-corrected chi connectivity index (χ0v) is 7.26. The standard InChI is InChI=1S/C9H11N3/c1-3-9-7(5-10)4-8(11)6(2)12-9/h4H,3,11H2,1-2H3. The molecule has 0 radical (unpaired) electrons. The first kappa shape index (κ1) is 8.54. The number of rotatable bonds is 1. The van der Waals surface area contributed by atoms with Crippen LogP contribution < -0.4 is 5.73 Å². The van der Waals surface area contributed by atoms with E-state index in [-0.39, 0.29) is 0 Å². The van der Waals surface area contributed by atoms with Gasteiger partial charge in [-0.1, -0.05) is 6.92 Å². The van der Waals surface area contributed by atoms with E-state index in [9.17, 15) is 0 Å². The fourth-order valence-electron chi connectivity index (χ4n) is 1.04. The second-order valence-corrected chi connectivity index (χ2v) is 2.62. The van der Waals surface area contributed by atoms with Crippen LogP contribution >= 0.6 is 0 Å². The number of nitrogens with zero attached hydrogens (tertiary/aromatic N) is 2. The smallest absolute Gasteiger partial charge is 0.101 e. The molecule has 1 aromatic rings. The highest BCUT2D eigenvalue weighted by Gasteiger charge is 2.04. The Bertz CT molecular complexity index is 336. The molecule has 0 aliphatic heterocycles. The molecule has 0 spiro atoms. The van der Waals surface area contributed by atoms with Crippen LogP contribution in [0.15, 0.2) is 6.07 Å². The zero-order valence-electron chi connectivity index (χ0n) is 7.26. The minimum atomic E-state index is 0.584. The van der Waals surface area contributed by atoms with Crippen molar-refractivity contribution < 1.29 is 0 Å². The van der Waals surface area contributed by atoms with E-state index >= 15 is 0 Å². The van der Waals surface area contributed by atoms with E-state index in [1.165, 1.54) is 0 Å². The van der Waals surface area contributed by atoms with Gasteiger partial charge in [-0.15, -0.1) is 0 Å². The molecule has 0 saturated heterocycles. The Balaban J connectivity index is 3.31. The number of nitrogen functional groups attached to an aromatic ring is 1. The second kappa shape index (κ2) is 3.22. The summed E-state index contributed by atoms with van der Waals surface area (Å²) >= 11 is 0. The number of anilines is 1. The maximum absolute atomic E-state index is 8.72. The first-order chi connectivity index (χ1) is 5.69. The third-order valence-electron chi connectivity index (χ3n) is 1.79. The van der Waals surface area contributed by atoms with Crippen LogP contribution in [0.5, 0.6) is 0 Å². The van der Waals surface area contributed by atoms with E-state index in [0.717, 1.165) is 17.8 Å². The number of aryl methyl sites for hydroxylation is 2. The molecule has 0 atom stereocenters. The van der Waals surface area contributed by atoms with E-state index in [1.54, 1.807) is 6.07 Å². The van der Waals surface area contributed by atoms with Crippen LogP contribution in [0.25, 0.3) is 0 Å². The highest BCUT2D eigenvalue weighted by molar-refractivity contribution is 5.50. The van der Waals surface area contributed by atoms with Crippen molar-refractivity contribution in [3.63, 3.8) is 0 Å². The molecule has 0 aromatic carbocycles. The molecule has 3 heteroatoms. The number of nitriles is 1. The van der Waals surface area contributed by atoms with E-state index in [0.29, 0.717) is 11.3 Å². The molecule has 3 nitrogen and oxygen atoms in total. The second-order valence-electron chi connectivity index (χ2n) is 2.62. The minimum absolute atomic E-state index is 0.584. The maximum Gasteiger partial charge on any atom is 0.101 e. The zero-order chi connectivity index (χ0) is 9.14. The van der Waals surface area contributed by atoms with Gasteiger partial charge in [0.1, 0.15) is 6.07 Å². The van der Waals surface area contributed by atoms with Crippen molar-refractivity contribution in [3.8, 4) is 6.07 Å². The first-order valence-corrected chi connectivity index (χ1v) is 3.85. The Morgan fingerprint density at radius 1 is 1.67 bits per heavy atom. The van der Waals surface area contributed by atoms with Crippen LogP contribution in [0.1, 0.15) is 23.9 Å². The van der Waals surface area contributed by atoms with Gasteiger partial charge >= 0.3 is 0 Å². The Morgan fingerprint density at radius 3 is 2.83 bits per heavy atom. The van der Waals surface area contributed by atoms with Crippen molar-refractivity contribution >= 4 is 5.69 Å². The third-order valence-corrected chi connectivity index (χ3v) is 1.79. The van der Waals surface area contributed by atoms with Crippen molar-refractivity contribution in [2.75, 3.05) is 5.73 Å². The average molecular weight is 161 g/mol. The molecule has 62 valence electrons. The summed E-state index contributed by atoms with van der Waals surface area (Å²) < 4.78 is 0. The van der Waals surface area contributed by atoms with Gasteiger partial charge in [0.05, 0.1) is 22.6 Å². The summed E-state index contributed by atoms with van der Waals surface area (Å²) in [6.45, 7) is 3.81. The summed E-state index contributed by atoms with van der Waals surface area (Å²) in [4.78, 5) is 4.21. The normalized spacial score (nSPS) is 9.42. The highest BCUT2D eigenvalue weighted by atomic mass is 14.8. The largest absolute Gasteiger partial charge is 0.397 e. The summed E-state index contributed by atoms with van der Waals surface area (Å²) in [6, 6.07) is 3.75. The number of nitrogens with two attached hydrogens (primary N) is 1. The Hall–Kier alpha value is -1.56. The van der Waals surface area contributed by atoms with Gasteiger partial charge in [0.25, 0.3) is 0 Å². The van der Waals surface area contributed by atoms with Crippen LogP contribution in [-0.4, -0.2) is 4.98 Å². The van der Waals surface area contributed by atoms with Gasteiger partial charge in [-0.2, -0.15) is 5.26 Å². The molecule has 0 aliphatic rings. The monoisotopic (exact) mass is 161 g/mol. The Labute approximate surface area is 71.8 Å². The van der Waals surface area contributed by atoms with Gasteiger partial charge < -0.3 is 5.73 Å². The van der Waals surface area contributed by atoms with Crippen molar-refractivity contribution in [1.29, 1.82) is 5.26 Å². The summed E-state index contributed by atoms with van der Waals surface area (Å²) in [5.41, 5.74) is 8.40. The van der Waals surface area contributed by atoms with E-state index in [4.69, 9.17) is 11.0 Å². The number of hydrogen-bond donors (Lipinski definition) is 1. The van der Waals surface area contributed by atoms with Crippen LogP contribution in [-0.2, 0) is 6.42 Å². The summed E-state index contributed by atoms with van der Waals surface area (Å²) in [5, 5.41) is 8.72. The number of pyridine rings is 1. The molecule has 0 bridgehead atoms. The van der Waals surface area contributed by atoms with Gasteiger partial charge in [-0.25, -0.2) is 0 Å². The molecule has 12 heavy (non-hydrogen) atoms. The molecule has 0 saturated carbocycles. The van der Waals surface area contributed by atoms with Crippen LogP contribution in [0.2, 0.25) is 0 Å². The lowest BCUT2D eigenvalue weighted by molar-refractivity contribution is 0.999. The lowest BCUT2D eigenvalue weighted by Gasteiger charge is -2.03. The summed E-state index contributed by atoms with van der Waals surface area (Å²) in [5.74, 6) is 0. The fraction of sp³-hybridized carbons (Fsp3) is 0.333. The molecular formula is C9H11N3.